The molecule has 0 aromatic carbocycles. The summed E-state index contributed by atoms with van der Waals surface area (Å²) in [6.07, 6.45) is 2.00. The Morgan fingerprint density at radius 1 is 1.21 bits per heavy atom. The van der Waals surface area contributed by atoms with Crippen molar-refractivity contribution in [2.24, 2.45) is 11.8 Å². The van der Waals surface area contributed by atoms with Gasteiger partial charge in [-0.2, -0.15) is 0 Å². The topological polar surface area (TPSA) is 28.2 Å². The smallest absolute Gasteiger partial charge is 0.128 e. The van der Waals surface area contributed by atoms with E-state index in [4.69, 9.17) is 0 Å². The van der Waals surface area contributed by atoms with E-state index in [1.807, 2.05) is 6.20 Å². The van der Waals surface area contributed by atoms with Crippen molar-refractivity contribution in [3.8, 4) is 0 Å². The first-order valence-electron chi connectivity index (χ1n) is 7.30. The molecule has 1 aliphatic rings. The second kappa shape index (κ2) is 5.49. The number of nitrogens with one attached hydrogen (secondary N) is 1. The van der Waals surface area contributed by atoms with Gasteiger partial charge in [0.1, 0.15) is 5.82 Å². The predicted octanol–water partition coefficient (Wildman–Crippen LogP) is 3.06. The van der Waals surface area contributed by atoms with Crippen LogP contribution in [-0.2, 0) is 6.54 Å². The van der Waals surface area contributed by atoms with E-state index in [1.165, 1.54) is 5.56 Å². The van der Waals surface area contributed by atoms with E-state index in [2.05, 4.69) is 62.0 Å². The lowest BCUT2D eigenvalue weighted by Gasteiger charge is -2.21. The van der Waals surface area contributed by atoms with Crippen LogP contribution in [0.15, 0.2) is 18.3 Å². The van der Waals surface area contributed by atoms with Gasteiger partial charge in [-0.25, -0.2) is 4.98 Å². The van der Waals surface area contributed by atoms with E-state index in [-0.39, 0.29) is 5.54 Å². The average Bonchev–Trinajstić information content (AvgIpc) is 2.67. The van der Waals surface area contributed by atoms with Gasteiger partial charge in [-0.15, -0.1) is 0 Å². The average molecular weight is 261 g/mol. The molecule has 0 spiro atoms. The summed E-state index contributed by atoms with van der Waals surface area (Å²) in [5.41, 5.74) is 1.40. The molecule has 2 unspecified atom stereocenters. The lowest BCUT2D eigenvalue weighted by Crippen LogP contribution is -2.35. The fourth-order valence-corrected chi connectivity index (χ4v) is 2.39. The van der Waals surface area contributed by atoms with Crippen LogP contribution < -0.4 is 10.2 Å². The highest BCUT2D eigenvalue weighted by atomic mass is 15.2. The van der Waals surface area contributed by atoms with Gasteiger partial charge in [0, 0.05) is 31.4 Å². The lowest BCUT2D eigenvalue weighted by atomic mass is 10.0. The number of hydrogen-bond acceptors (Lipinski definition) is 3. The standard InChI is InChI=1S/C16H27N3/c1-12-10-19(11-13(12)2)15-7-6-14(8-17-15)9-18-16(3,4)5/h6-8,12-13,18H,9-11H2,1-5H3. The minimum atomic E-state index is 0.151. The second-order valence-electron chi connectivity index (χ2n) is 6.99. The van der Waals surface area contributed by atoms with Crippen molar-refractivity contribution in [1.29, 1.82) is 0 Å². The van der Waals surface area contributed by atoms with Gasteiger partial charge in [-0.3, -0.25) is 0 Å². The molecule has 1 N–H and O–H groups in total. The van der Waals surface area contributed by atoms with E-state index < -0.39 is 0 Å². The fraction of sp³-hybridized carbons (Fsp3) is 0.688. The molecule has 0 bridgehead atoms. The number of rotatable bonds is 3. The zero-order valence-electron chi connectivity index (χ0n) is 12.9. The van der Waals surface area contributed by atoms with Crippen LogP contribution in [0.2, 0.25) is 0 Å². The molecule has 2 rings (SSSR count). The van der Waals surface area contributed by atoms with Crippen LogP contribution in [-0.4, -0.2) is 23.6 Å². The second-order valence-corrected chi connectivity index (χ2v) is 6.99. The SMILES string of the molecule is CC1CN(c2ccc(CNC(C)(C)C)cn2)CC1C. The van der Waals surface area contributed by atoms with Crippen LogP contribution in [0.3, 0.4) is 0 Å². The third-order valence-corrected chi connectivity index (χ3v) is 3.94. The number of hydrogen-bond donors (Lipinski definition) is 1. The lowest BCUT2D eigenvalue weighted by molar-refractivity contribution is 0.424. The molecule has 2 atom stereocenters. The minimum Gasteiger partial charge on any atom is -0.356 e. The van der Waals surface area contributed by atoms with Crippen molar-refractivity contribution >= 4 is 5.82 Å². The van der Waals surface area contributed by atoms with Crippen molar-refractivity contribution in [2.75, 3.05) is 18.0 Å². The van der Waals surface area contributed by atoms with Gasteiger partial charge in [-0.1, -0.05) is 19.9 Å². The zero-order chi connectivity index (χ0) is 14.0. The molecule has 0 saturated carbocycles. The number of anilines is 1. The molecule has 0 radical (unpaired) electrons. The Bertz CT molecular complexity index is 395. The van der Waals surface area contributed by atoms with Crippen LogP contribution in [0, 0.1) is 11.8 Å². The Morgan fingerprint density at radius 2 is 1.84 bits per heavy atom. The van der Waals surface area contributed by atoms with E-state index in [0.717, 1.165) is 37.3 Å². The monoisotopic (exact) mass is 261 g/mol. The normalized spacial score (nSPS) is 23.9. The number of aromatic nitrogens is 1. The molecule has 1 saturated heterocycles. The summed E-state index contributed by atoms with van der Waals surface area (Å²) in [4.78, 5) is 7.02. The molecule has 0 amide bonds. The number of pyridine rings is 1. The summed E-state index contributed by atoms with van der Waals surface area (Å²) in [6, 6.07) is 4.35. The van der Waals surface area contributed by atoms with Crippen molar-refractivity contribution in [3.05, 3.63) is 23.9 Å². The Kier molecular flexibility index (Phi) is 4.14. The van der Waals surface area contributed by atoms with Crippen LogP contribution in [0.5, 0.6) is 0 Å². The van der Waals surface area contributed by atoms with Gasteiger partial charge >= 0.3 is 0 Å². The molecule has 3 nitrogen and oxygen atoms in total. The maximum absolute atomic E-state index is 4.62. The molecule has 19 heavy (non-hydrogen) atoms. The summed E-state index contributed by atoms with van der Waals surface area (Å²) in [6.45, 7) is 14.3. The molecule has 2 heterocycles. The van der Waals surface area contributed by atoms with Gasteiger partial charge < -0.3 is 10.2 Å². The quantitative estimate of drug-likeness (QED) is 0.906. The molecule has 0 aliphatic carbocycles. The van der Waals surface area contributed by atoms with E-state index in [1.54, 1.807) is 0 Å². The molecule has 1 aliphatic heterocycles. The van der Waals surface area contributed by atoms with E-state index >= 15 is 0 Å². The maximum atomic E-state index is 4.62. The first kappa shape index (κ1) is 14.3. The zero-order valence-corrected chi connectivity index (χ0v) is 12.9. The largest absolute Gasteiger partial charge is 0.356 e. The Hall–Kier alpha value is -1.09. The molecule has 3 heteroatoms. The van der Waals surface area contributed by atoms with Gasteiger partial charge in [-0.05, 0) is 44.2 Å². The molecule has 1 aromatic rings. The molecule has 1 fully saturated rings. The van der Waals surface area contributed by atoms with E-state index in [9.17, 15) is 0 Å². The minimum absolute atomic E-state index is 0.151. The van der Waals surface area contributed by atoms with E-state index in [0.29, 0.717) is 0 Å². The molecule has 106 valence electrons. The summed E-state index contributed by atoms with van der Waals surface area (Å²) in [5, 5.41) is 3.49. The van der Waals surface area contributed by atoms with Crippen molar-refractivity contribution in [1.82, 2.24) is 10.3 Å². The Morgan fingerprint density at radius 3 is 2.32 bits per heavy atom. The van der Waals surface area contributed by atoms with Crippen LogP contribution >= 0.6 is 0 Å². The molecular formula is C16H27N3. The first-order chi connectivity index (χ1) is 8.85. The molecule has 1 aromatic heterocycles. The van der Waals surface area contributed by atoms with Crippen LogP contribution in [0.1, 0.15) is 40.2 Å². The van der Waals surface area contributed by atoms with Gasteiger partial charge in [0.2, 0.25) is 0 Å². The highest BCUT2D eigenvalue weighted by Gasteiger charge is 2.26. The van der Waals surface area contributed by atoms with Crippen molar-refractivity contribution in [3.63, 3.8) is 0 Å². The van der Waals surface area contributed by atoms with Crippen molar-refractivity contribution < 1.29 is 0 Å². The van der Waals surface area contributed by atoms with Gasteiger partial charge in [0.05, 0.1) is 0 Å². The maximum Gasteiger partial charge on any atom is 0.128 e. The summed E-state index contributed by atoms with van der Waals surface area (Å²) < 4.78 is 0. The Balaban J connectivity index is 1.95. The summed E-state index contributed by atoms with van der Waals surface area (Å²) in [5.74, 6) is 2.66. The van der Waals surface area contributed by atoms with Gasteiger partial charge in [0.15, 0.2) is 0 Å². The van der Waals surface area contributed by atoms with Crippen LogP contribution in [0.25, 0.3) is 0 Å². The van der Waals surface area contributed by atoms with Crippen LogP contribution in [0.4, 0.5) is 5.82 Å². The first-order valence-corrected chi connectivity index (χ1v) is 7.30. The highest BCUT2D eigenvalue weighted by Crippen LogP contribution is 2.26. The van der Waals surface area contributed by atoms with Gasteiger partial charge in [0.25, 0.3) is 0 Å². The van der Waals surface area contributed by atoms with Crippen molar-refractivity contribution in [2.45, 2.75) is 46.7 Å². The fourth-order valence-electron chi connectivity index (χ4n) is 2.39. The summed E-state index contributed by atoms with van der Waals surface area (Å²) >= 11 is 0. The highest BCUT2D eigenvalue weighted by molar-refractivity contribution is 5.40. The Labute approximate surface area is 117 Å². The molecular weight excluding hydrogens is 234 g/mol. The predicted molar refractivity (Wildman–Crippen MR) is 81.4 cm³/mol. The third-order valence-electron chi connectivity index (χ3n) is 3.94. The summed E-state index contributed by atoms with van der Waals surface area (Å²) in [7, 11) is 0. The third kappa shape index (κ3) is 3.93. The number of nitrogens with zero attached hydrogens (tertiary/aromatic N) is 2.